The molecule has 0 spiro atoms. The van der Waals surface area contributed by atoms with Crippen molar-refractivity contribution < 1.29 is 14.3 Å². The lowest BCUT2D eigenvalue weighted by Gasteiger charge is -2.20. The van der Waals surface area contributed by atoms with Crippen molar-refractivity contribution in [2.24, 2.45) is 5.92 Å². The minimum Gasteiger partial charge on any atom is -0.465 e. The highest BCUT2D eigenvalue weighted by atomic mass is 16.5. The number of carbonyl (C=O) groups is 2. The predicted molar refractivity (Wildman–Crippen MR) is 67.5 cm³/mol. The van der Waals surface area contributed by atoms with Gasteiger partial charge in [0.15, 0.2) is 0 Å². The van der Waals surface area contributed by atoms with Crippen LogP contribution in [0, 0.1) is 5.92 Å². The minimum absolute atomic E-state index is 0.0107. The lowest BCUT2D eigenvalue weighted by Crippen LogP contribution is -2.36. The van der Waals surface area contributed by atoms with Gasteiger partial charge >= 0.3 is 5.97 Å². The molecule has 0 saturated carbocycles. The van der Waals surface area contributed by atoms with E-state index in [-0.39, 0.29) is 18.4 Å². The first-order valence-corrected chi connectivity index (χ1v) is 6.05. The van der Waals surface area contributed by atoms with E-state index in [1.165, 1.54) is 4.90 Å². The summed E-state index contributed by atoms with van der Waals surface area (Å²) in [6, 6.07) is 0. The fourth-order valence-electron chi connectivity index (χ4n) is 1.34. The molecule has 4 heteroatoms. The third-order valence-corrected chi connectivity index (χ3v) is 2.26. The predicted octanol–water partition coefficient (Wildman–Crippen LogP) is 2.00. The summed E-state index contributed by atoms with van der Waals surface area (Å²) in [4.78, 5) is 24.6. The maximum Gasteiger partial charge on any atom is 0.325 e. The second-order valence-corrected chi connectivity index (χ2v) is 4.30. The van der Waals surface area contributed by atoms with Gasteiger partial charge < -0.3 is 9.64 Å². The van der Waals surface area contributed by atoms with Crippen LogP contribution in [0.25, 0.3) is 0 Å². The van der Waals surface area contributed by atoms with Crippen LogP contribution in [0.1, 0.15) is 33.6 Å². The fourth-order valence-corrected chi connectivity index (χ4v) is 1.34. The molecule has 98 valence electrons. The lowest BCUT2D eigenvalue weighted by atomic mass is 10.1. The maximum atomic E-state index is 11.8. The molecule has 17 heavy (non-hydrogen) atoms. The first kappa shape index (κ1) is 15.7. The summed E-state index contributed by atoms with van der Waals surface area (Å²) in [7, 11) is 0. The Labute approximate surface area is 104 Å². The molecule has 0 aromatic rings. The van der Waals surface area contributed by atoms with Gasteiger partial charge in [-0.3, -0.25) is 9.59 Å². The monoisotopic (exact) mass is 241 g/mol. The van der Waals surface area contributed by atoms with Gasteiger partial charge in [-0.1, -0.05) is 19.9 Å². The van der Waals surface area contributed by atoms with Crippen molar-refractivity contribution in [3.05, 3.63) is 12.7 Å². The van der Waals surface area contributed by atoms with Gasteiger partial charge in [0.25, 0.3) is 0 Å². The molecule has 0 aliphatic carbocycles. The number of hydrogen-bond acceptors (Lipinski definition) is 3. The number of carbonyl (C=O) groups excluding carboxylic acids is 2. The van der Waals surface area contributed by atoms with Crippen molar-refractivity contribution in [3.8, 4) is 0 Å². The molecule has 0 aromatic carbocycles. The van der Waals surface area contributed by atoms with Crippen LogP contribution in [-0.4, -0.2) is 36.5 Å². The number of esters is 1. The summed E-state index contributed by atoms with van der Waals surface area (Å²) in [6.45, 7) is 10.2. The second kappa shape index (κ2) is 8.79. The Morgan fingerprint density at radius 3 is 2.53 bits per heavy atom. The standard InChI is InChI=1S/C13H23NO3/c1-5-9-14(10-13(16)17-6-2)12(15)8-7-11(3)4/h5,11H,1,6-10H2,2-4H3. The highest BCUT2D eigenvalue weighted by Crippen LogP contribution is 2.06. The zero-order valence-electron chi connectivity index (χ0n) is 11.1. The van der Waals surface area contributed by atoms with E-state index >= 15 is 0 Å². The Bertz CT molecular complexity index is 261. The Morgan fingerprint density at radius 2 is 2.06 bits per heavy atom. The summed E-state index contributed by atoms with van der Waals surface area (Å²) in [5.74, 6) is 0.0889. The van der Waals surface area contributed by atoms with Crippen molar-refractivity contribution in [3.63, 3.8) is 0 Å². The molecule has 0 aliphatic rings. The molecule has 0 bridgehead atoms. The summed E-state index contributed by atoms with van der Waals surface area (Å²) in [5, 5.41) is 0. The molecule has 0 N–H and O–H groups in total. The van der Waals surface area contributed by atoms with Gasteiger partial charge in [-0.2, -0.15) is 0 Å². The van der Waals surface area contributed by atoms with E-state index < -0.39 is 0 Å². The van der Waals surface area contributed by atoms with E-state index in [0.717, 1.165) is 6.42 Å². The third kappa shape index (κ3) is 7.55. The molecule has 0 aliphatic heterocycles. The number of hydrogen-bond donors (Lipinski definition) is 0. The van der Waals surface area contributed by atoms with Crippen LogP contribution in [-0.2, 0) is 14.3 Å². The Balaban J connectivity index is 4.24. The summed E-state index contributed by atoms with van der Waals surface area (Å²) < 4.78 is 4.83. The van der Waals surface area contributed by atoms with Crippen LogP contribution in [0.15, 0.2) is 12.7 Å². The van der Waals surface area contributed by atoms with Gasteiger partial charge in [0.1, 0.15) is 6.54 Å². The van der Waals surface area contributed by atoms with Gasteiger partial charge in [-0.05, 0) is 19.3 Å². The number of nitrogens with zero attached hydrogens (tertiary/aromatic N) is 1. The highest BCUT2D eigenvalue weighted by Gasteiger charge is 2.16. The van der Waals surface area contributed by atoms with Gasteiger partial charge in [0.05, 0.1) is 6.61 Å². The van der Waals surface area contributed by atoms with E-state index in [4.69, 9.17) is 4.74 Å². The van der Waals surface area contributed by atoms with E-state index in [0.29, 0.717) is 25.5 Å². The molecular weight excluding hydrogens is 218 g/mol. The topological polar surface area (TPSA) is 46.6 Å². The van der Waals surface area contributed by atoms with Crippen molar-refractivity contribution in [2.75, 3.05) is 19.7 Å². The Hall–Kier alpha value is -1.32. The van der Waals surface area contributed by atoms with E-state index in [1.54, 1.807) is 13.0 Å². The quantitative estimate of drug-likeness (QED) is 0.482. The minimum atomic E-state index is -0.368. The van der Waals surface area contributed by atoms with Crippen LogP contribution in [0.5, 0.6) is 0 Å². The smallest absolute Gasteiger partial charge is 0.325 e. The van der Waals surface area contributed by atoms with Crippen LogP contribution in [0.2, 0.25) is 0 Å². The largest absolute Gasteiger partial charge is 0.465 e. The van der Waals surface area contributed by atoms with Gasteiger partial charge in [-0.15, -0.1) is 6.58 Å². The van der Waals surface area contributed by atoms with Crippen molar-refractivity contribution in [1.82, 2.24) is 4.90 Å². The van der Waals surface area contributed by atoms with Crippen molar-refractivity contribution in [2.45, 2.75) is 33.6 Å². The van der Waals surface area contributed by atoms with Crippen LogP contribution >= 0.6 is 0 Å². The molecule has 1 amide bonds. The normalized spacial score (nSPS) is 10.1. The molecule has 0 saturated heterocycles. The first-order chi connectivity index (χ1) is 8.01. The third-order valence-electron chi connectivity index (χ3n) is 2.26. The van der Waals surface area contributed by atoms with Crippen LogP contribution < -0.4 is 0 Å². The van der Waals surface area contributed by atoms with Crippen molar-refractivity contribution in [1.29, 1.82) is 0 Å². The SMILES string of the molecule is C=CCN(CC(=O)OCC)C(=O)CCC(C)C. The average Bonchev–Trinajstić information content (AvgIpc) is 2.25. The van der Waals surface area contributed by atoms with Crippen LogP contribution in [0.4, 0.5) is 0 Å². The molecule has 0 rings (SSSR count). The van der Waals surface area contributed by atoms with Crippen molar-refractivity contribution >= 4 is 11.9 Å². The summed E-state index contributed by atoms with van der Waals surface area (Å²) in [6.07, 6.45) is 2.91. The molecular formula is C13H23NO3. The fraction of sp³-hybridized carbons (Fsp3) is 0.692. The first-order valence-electron chi connectivity index (χ1n) is 6.05. The van der Waals surface area contributed by atoms with Crippen LogP contribution in [0.3, 0.4) is 0 Å². The number of amides is 1. The van der Waals surface area contributed by atoms with Gasteiger partial charge in [0.2, 0.25) is 5.91 Å². The van der Waals surface area contributed by atoms with Gasteiger partial charge in [-0.25, -0.2) is 0 Å². The number of ether oxygens (including phenoxy) is 1. The Morgan fingerprint density at radius 1 is 1.41 bits per heavy atom. The summed E-state index contributed by atoms with van der Waals surface area (Å²) >= 11 is 0. The molecule has 4 nitrogen and oxygen atoms in total. The molecule has 0 heterocycles. The second-order valence-electron chi connectivity index (χ2n) is 4.30. The van der Waals surface area contributed by atoms with E-state index in [2.05, 4.69) is 20.4 Å². The zero-order valence-corrected chi connectivity index (χ0v) is 11.1. The Kier molecular flexibility index (Phi) is 8.11. The van der Waals surface area contributed by atoms with Gasteiger partial charge in [0, 0.05) is 13.0 Å². The lowest BCUT2D eigenvalue weighted by molar-refractivity contribution is -0.148. The average molecular weight is 241 g/mol. The summed E-state index contributed by atoms with van der Waals surface area (Å²) in [5.41, 5.74) is 0. The number of rotatable bonds is 8. The highest BCUT2D eigenvalue weighted by molar-refractivity contribution is 5.82. The molecule has 0 unspecified atom stereocenters. The molecule has 0 fully saturated rings. The maximum absolute atomic E-state index is 11.8. The van der Waals surface area contributed by atoms with E-state index in [9.17, 15) is 9.59 Å². The zero-order chi connectivity index (χ0) is 13.3. The molecule has 0 aromatic heterocycles. The molecule has 0 radical (unpaired) electrons. The molecule has 0 atom stereocenters. The van der Waals surface area contributed by atoms with E-state index in [1.807, 2.05) is 0 Å².